The molecule has 0 aliphatic carbocycles. The zero-order valence-corrected chi connectivity index (χ0v) is 17.0. The molecule has 1 aliphatic rings. The van der Waals surface area contributed by atoms with Crippen LogP contribution in [0.25, 0.3) is 0 Å². The van der Waals surface area contributed by atoms with Crippen LogP contribution in [0.2, 0.25) is 0 Å². The zero-order valence-electron chi connectivity index (χ0n) is 17.0. The van der Waals surface area contributed by atoms with E-state index < -0.39 is 36.3 Å². The Balaban J connectivity index is 1.51. The Morgan fingerprint density at radius 2 is 1.70 bits per heavy atom. The van der Waals surface area contributed by atoms with Gasteiger partial charge in [-0.2, -0.15) is 0 Å². The molecular formula is C23H24N2O5. The van der Waals surface area contributed by atoms with E-state index in [0.717, 1.165) is 10.5 Å². The van der Waals surface area contributed by atoms with Gasteiger partial charge in [0, 0.05) is 12.1 Å². The molecule has 30 heavy (non-hydrogen) atoms. The van der Waals surface area contributed by atoms with Crippen LogP contribution < -0.4 is 5.32 Å². The number of nitrogens with one attached hydrogen (secondary N) is 1. The van der Waals surface area contributed by atoms with Crippen molar-refractivity contribution in [2.45, 2.75) is 32.3 Å². The van der Waals surface area contributed by atoms with Gasteiger partial charge < -0.3 is 10.1 Å². The van der Waals surface area contributed by atoms with Crippen molar-refractivity contribution in [3.63, 3.8) is 0 Å². The molecule has 0 spiro atoms. The Kier molecular flexibility index (Phi) is 6.61. The Labute approximate surface area is 175 Å². The molecule has 2 aromatic rings. The third-order valence-electron chi connectivity index (χ3n) is 5.05. The number of fused-ring (bicyclic) bond motifs is 1. The van der Waals surface area contributed by atoms with E-state index in [1.807, 2.05) is 37.3 Å². The summed E-state index contributed by atoms with van der Waals surface area (Å²) in [7, 11) is 0. The molecule has 0 saturated heterocycles. The Bertz CT molecular complexity index is 957. The molecule has 0 bridgehead atoms. The fourth-order valence-corrected chi connectivity index (χ4v) is 3.27. The van der Waals surface area contributed by atoms with Gasteiger partial charge in [-0.15, -0.1) is 0 Å². The summed E-state index contributed by atoms with van der Waals surface area (Å²) in [4.78, 5) is 50.1. The maximum atomic E-state index is 12.5. The number of ether oxygens (including phenoxy) is 1. The third-order valence-corrected chi connectivity index (χ3v) is 5.05. The molecule has 3 amide bonds. The molecule has 0 unspecified atom stereocenters. The summed E-state index contributed by atoms with van der Waals surface area (Å²) in [6.07, 6.45) is -0.995. The highest BCUT2D eigenvalue weighted by atomic mass is 16.5. The van der Waals surface area contributed by atoms with Crippen molar-refractivity contribution in [2.24, 2.45) is 0 Å². The first-order chi connectivity index (χ1) is 14.4. The quantitative estimate of drug-likeness (QED) is 0.559. The van der Waals surface area contributed by atoms with Crippen LogP contribution in [0.5, 0.6) is 0 Å². The van der Waals surface area contributed by atoms with E-state index in [-0.39, 0.29) is 12.3 Å². The Hall–Kier alpha value is -3.48. The van der Waals surface area contributed by atoms with Crippen LogP contribution in [0.15, 0.2) is 54.6 Å². The molecule has 7 nitrogen and oxygen atoms in total. The second-order valence-electron chi connectivity index (χ2n) is 7.31. The number of rotatable bonds is 7. The molecule has 2 atom stereocenters. The van der Waals surface area contributed by atoms with Crippen molar-refractivity contribution in [1.29, 1.82) is 0 Å². The van der Waals surface area contributed by atoms with Gasteiger partial charge in [0.1, 0.15) is 6.54 Å². The van der Waals surface area contributed by atoms with E-state index in [1.54, 1.807) is 24.3 Å². The minimum atomic E-state index is -1.04. The summed E-state index contributed by atoms with van der Waals surface area (Å²) < 4.78 is 5.14. The molecule has 0 aromatic heterocycles. The van der Waals surface area contributed by atoms with E-state index in [4.69, 9.17) is 4.74 Å². The highest BCUT2D eigenvalue weighted by Crippen LogP contribution is 2.19. The van der Waals surface area contributed by atoms with Crippen LogP contribution >= 0.6 is 0 Å². The van der Waals surface area contributed by atoms with E-state index >= 15 is 0 Å². The molecule has 7 heteroatoms. The zero-order chi connectivity index (χ0) is 21.7. The van der Waals surface area contributed by atoms with E-state index in [0.29, 0.717) is 17.7 Å². The summed E-state index contributed by atoms with van der Waals surface area (Å²) >= 11 is 0. The second-order valence-corrected chi connectivity index (χ2v) is 7.31. The lowest BCUT2D eigenvalue weighted by atomic mass is 9.98. The van der Waals surface area contributed by atoms with Gasteiger partial charge in [-0.3, -0.25) is 24.1 Å². The predicted molar refractivity (Wildman–Crippen MR) is 110 cm³/mol. The highest BCUT2D eigenvalue weighted by Gasteiger charge is 2.33. The number of nitrogens with zero attached hydrogens (tertiary/aromatic N) is 1. The number of hydrogen-bond acceptors (Lipinski definition) is 5. The van der Waals surface area contributed by atoms with Crippen LogP contribution in [0.4, 0.5) is 0 Å². The van der Waals surface area contributed by atoms with Gasteiger partial charge in [0.25, 0.3) is 11.8 Å². The Morgan fingerprint density at radius 1 is 1.03 bits per heavy atom. The maximum absolute atomic E-state index is 12.5. The van der Waals surface area contributed by atoms with Crippen LogP contribution in [-0.4, -0.2) is 47.8 Å². The van der Waals surface area contributed by atoms with Crippen molar-refractivity contribution in [2.75, 3.05) is 13.1 Å². The second kappa shape index (κ2) is 9.35. The summed E-state index contributed by atoms with van der Waals surface area (Å²) in [5.41, 5.74) is 2.12. The largest absolute Gasteiger partial charge is 0.451 e. The maximum Gasteiger partial charge on any atom is 0.326 e. The molecule has 2 aromatic carbocycles. The fourth-order valence-electron chi connectivity index (χ4n) is 3.27. The van der Waals surface area contributed by atoms with E-state index in [1.165, 1.54) is 6.92 Å². The van der Waals surface area contributed by atoms with Crippen molar-refractivity contribution >= 4 is 23.7 Å². The van der Waals surface area contributed by atoms with Gasteiger partial charge in [0.15, 0.2) is 6.10 Å². The minimum Gasteiger partial charge on any atom is -0.451 e. The first-order valence-corrected chi connectivity index (χ1v) is 9.81. The molecule has 3 rings (SSSR count). The lowest BCUT2D eigenvalue weighted by Gasteiger charge is -2.26. The molecule has 0 fully saturated rings. The van der Waals surface area contributed by atoms with Gasteiger partial charge in [-0.25, -0.2) is 0 Å². The lowest BCUT2D eigenvalue weighted by molar-refractivity contribution is -0.156. The van der Waals surface area contributed by atoms with Crippen LogP contribution in [-0.2, 0) is 25.5 Å². The van der Waals surface area contributed by atoms with Crippen molar-refractivity contribution < 1.29 is 23.9 Å². The van der Waals surface area contributed by atoms with Crippen LogP contribution in [0.3, 0.4) is 0 Å². The smallest absolute Gasteiger partial charge is 0.326 e. The van der Waals surface area contributed by atoms with E-state index in [9.17, 15) is 19.2 Å². The number of esters is 1. The summed E-state index contributed by atoms with van der Waals surface area (Å²) in [5.74, 6) is -2.15. The molecule has 1 N–H and O–H groups in total. The van der Waals surface area contributed by atoms with Gasteiger partial charge in [0.2, 0.25) is 5.91 Å². The minimum absolute atomic E-state index is 0.0443. The number of carbonyl (C=O) groups excluding carboxylic acids is 4. The first kappa shape index (κ1) is 21.2. The van der Waals surface area contributed by atoms with Crippen LogP contribution in [0, 0.1) is 0 Å². The number of amides is 3. The normalized spacial score (nSPS) is 15.2. The average molecular weight is 408 g/mol. The summed E-state index contributed by atoms with van der Waals surface area (Å²) in [6.45, 7) is 3.31. The van der Waals surface area contributed by atoms with E-state index in [2.05, 4.69) is 5.32 Å². The number of imide groups is 1. The SMILES string of the molecule is C[C@H](OC(=O)CN1C(=O)Cc2ccccc2C1=O)C(=O)NC[C@@H](C)c1ccccc1. The molecule has 1 heterocycles. The van der Waals surface area contributed by atoms with Crippen molar-refractivity contribution in [3.8, 4) is 0 Å². The number of benzene rings is 2. The van der Waals surface area contributed by atoms with Gasteiger partial charge in [0.05, 0.1) is 6.42 Å². The molecule has 1 aliphatic heterocycles. The third kappa shape index (κ3) is 4.92. The van der Waals surface area contributed by atoms with Gasteiger partial charge >= 0.3 is 5.97 Å². The monoisotopic (exact) mass is 408 g/mol. The van der Waals surface area contributed by atoms with Gasteiger partial charge in [-0.1, -0.05) is 55.5 Å². The average Bonchev–Trinajstić information content (AvgIpc) is 2.75. The molecule has 0 radical (unpaired) electrons. The predicted octanol–water partition coefficient (Wildman–Crippen LogP) is 2.06. The summed E-state index contributed by atoms with van der Waals surface area (Å²) in [5, 5.41) is 2.76. The van der Waals surface area contributed by atoms with Gasteiger partial charge in [-0.05, 0) is 30.0 Å². The standard InChI is InChI=1S/C23H24N2O5/c1-15(17-8-4-3-5-9-17)13-24-22(28)16(2)30-21(27)14-25-20(26)12-18-10-6-7-11-19(18)23(25)29/h3-11,15-16H,12-14H2,1-2H3,(H,24,28)/t15-,16+/m1/s1. The number of hydrogen-bond donors (Lipinski definition) is 1. The Morgan fingerprint density at radius 3 is 2.43 bits per heavy atom. The molecule has 0 saturated carbocycles. The molecular weight excluding hydrogens is 384 g/mol. The number of carbonyl (C=O) groups is 4. The van der Waals surface area contributed by atoms with Crippen molar-refractivity contribution in [3.05, 3.63) is 71.3 Å². The fraction of sp³-hybridized carbons (Fsp3) is 0.304. The van der Waals surface area contributed by atoms with Crippen LogP contribution in [0.1, 0.15) is 41.3 Å². The highest BCUT2D eigenvalue weighted by molar-refractivity contribution is 6.11. The lowest BCUT2D eigenvalue weighted by Crippen LogP contribution is -2.46. The summed E-state index contributed by atoms with van der Waals surface area (Å²) in [6, 6.07) is 16.5. The molecule has 156 valence electrons. The first-order valence-electron chi connectivity index (χ1n) is 9.81. The van der Waals surface area contributed by atoms with Crippen molar-refractivity contribution in [1.82, 2.24) is 10.2 Å². The topological polar surface area (TPSA) is 92.8 Å².